The first kappa shape index (κ1) is 15.3. The van der Waals surface area contributed by atoms with Crippen molar-refractivity contribution in [2.75, 3.05) is 32.7 Å². The highest BCUT2D eigenvalue weighted by Gasteiger charge is 2.10. The molecule has 0 unspecified atom stereocenters. The number of hydrogen-bond donors (Lipinski definition) is 0. The van der Waals surface area contributed by atoms with E-state index in [2.05, 4.69) is 11.8 Å². The summed E-state index contributed by atoms with van der Waals surface area (Å²) in [6.07, 6.45) is 7.02. The smallest absolute Gasteiger partial charge is 0.136 e. The third-order valence-electron chi connectivity index (χ3n) is 3.64. The Kier molecular flexibility index (Phi) is 7.81. The van der Waals surface area contributed by atoms with Gasteiger partial charge in [0.05, 0.1) is 0 Å². The van der Waals surface area contributed by atoms with Gasteiger partial charge in [-0.05, 0) is 45.3 Å². The van der Waals surface area contributed by atoms with E-state index in [4.69, 9.17) is 0 Å². The molecule has 18 heavy (non-hydrogen) atoms. The van der Waals surface area contributed by atoms with E-state index in [1.54, 1.807) is 0 Å². The maximum absolute atomic E-state index is 11.0. The molecule has 1 amide bonds. The summed E-state index contributed by atoms with van der Waals surface area (Å²) in [5.41, 5.74) is 0. The average molecular weight is 255 g/mol. The lowest BCUT2D eigenvalue weighted by Gasteiger charge is -2.29. The van der Waals surface area contributed by atoms with Crippen LogP contribution >= 0.6 is 0 Å². The fraction of sp³-hybridized carbons (Fsp3) is 0.929. The molecule has 0 aliphatic carbocycles. The van der Waals surface area contributed by atoms with Gasteiger partial charge in [0.1, 0.15) is 6.09 Å². The highest BCUT2D eigenvalue weighted by molar-refractivity contribution is 5.62. The van der Waals surface area contributed by atoms with Crippen molar-refractivity contribution in [2.45, 2.75) is 51.9 Å². The summed E-state index contributed by atoms with van der Waals surface area (Å²) in [6, 6.07) is 0. The molecule has 0 bridgehead atoms. The molecule has 0 saturated carbocycles. The first-order chi connectivity index (χ1) is 8.74. The van der Waals surface area contributed by atoms with Gasteiger partial charge in [-0.25, -0.2) is 0 Å². The van der Waals surface area contributed by atoms with E-state index in [1.165, 1.54) is 37.3 Å². The van der Waals surface area contributed by atoms with Crippen molar-refractivity contribution in [3.63, 3.8) is 0 Å². The molecule has 106 valence electrons. The van der Waals surface area contributed by atoms with Gasteiger partial charge in [0.25, 0.3) is 0 Å². The molecule has 1 aliphatic rings. The molecule has 0 spiro atoms. The SMILES string of the molecule is CCCCCN(CCCN1CCCCC1)C(=O)[O-]. The summed E-state index contributed by atoms with van der Waals surface area (Å²) < 4.78 is 0. The summed E-state index contributed by atoms with van der Waals surface area (Å²) in [4.78, 5) is 14.9. The van der Waals surface area contributed by atoms with Crippen LogP contribution in [0.1, 0.15) is 51.9 Å². The van der Waals surface area contributed by atoms with Gasteiger partial charge in [-0.1, -0.05) is 26.2 Å². The minimum absolute atomic E-state index is 0.628. The van der Waals surface area contributed by atoms with Crippen LogP contribution in [0, 0.1) is 0 Å². The predicted molar refractivity (Wildman–Crippen MR) is 71.4 cm³/mol. The van der Waals surface area contributed by atoms with Crippen LogP contribution < -0.4 is 5.11 Å². The zero-order chi connectivity index (χ0) is 13.2. The molecule has 0 aromatic heterocycles. The number of rotatable bonds is 8. The van der Waals surface area contributed by atoms with Gasteiger partial charge >= 0.3 is 0 Å². The molecular formula is C14H27N2O2-. The molecule has 4 heteroatoms. The standard InChI is InChI=1S/C14H28N2O2/c1-2-3-5-12-16(14(17)18)13-8-11-15-9-6-4-7-10-15/h2-13H2,1H3,(H,17,18)/p-1. The maximum atomic E-state index is 11.0. The number of carbonyl (C=O) groups excluding carboxylic acids is 1. The molecule has 1 heterocycles. The lowest BCUT2D eigenvalue weighted by atomic mass is 10.1. The predicted octanol–water partition coefficient (Wildman–Crippen LogP) is 1.70. The van der Waals surface area contributed by atoms with E-state index < -0.39 is 6.09 Å². The second-order valence-electron chi connectivity index (χ2n) is 5.22. The van der Waals surface area contributed by atoms with Crippen molar-refractivity contribution >= 4 is 6.09 Å². The first-order valence-electron chi connectivity index (χ1n) is 7.42. The molecule has 0 atom stereocenters. The molecule has 1 saturated heterocycles. The summed E-state index contributed by atoms with van der Waals surface area (Å²) in [7, 11) is 0. The van der Waals surface area contributed by atoms with Crippen molar-refractivity contribution < 1.29 is 9.90 Å². The minimum Gasteiger partial charge on any atom is -0.530 e. The lowest BCUT2D eigenvalue weighted by Crippen LogP contribution is -2.43. The van der Waals surface area contributed by atoms with E-state index in [0.717, 1.165) is 32.2 Å². The van der Waals surface area contributed by atoms with Gasteiger partial charge in [0, 0.05) is 13.1 Å². The van der Waals surface area contributed by atoms with E-state index in [-0.39, 0.29) is 0 Å². The van der Waals surface area contributed by atoms with Gasteiger partial charge in [-0.3, -0.25) is 0 Å². The molecule has 0 radical (unpaired) electrons. The first-order valence-corrected chi connectivity index (χ1v) is 7.42. The number of likely N-dealkylation sites (tertiary alicyclic amines) is 1. The summed E-state index contributed by atoms with van der Waals surface area (Å²) in [5.74, 6) is 0. The zero-order valence-electron chi connectivity index (χ0n) is 11.7. The van der Waals surface area contributed by atoms with E-state index in [1.807, 2.05) is 0 Å². The fourth-order valence-electron chi connectivity index (χ4n) is 2.52. The van der Waals surface area contributed by atoms with Crippen molar-refractivity contribution in [3.8, 4) is 0 Å². The number of amides is 1. The van der Waals surface area contributed by atoms with Crippen LogP contribution in [0.15, 0.2) is 0 Å². The van der Waals surface area contributed by atoms with E-state index in [0.29, 0.717) is 13.1 Å². The molecule has 1 rings (SSSR count). The van der Waals surface area contributed by atoms with Crippen molar-refractivity contribution in [1.82, 2.24) is 9.80 Å². The van der Waals surface area contributed by atoms with Crippen LogP contribution in [0.2, 0.25) is 0 Å². The highest BCUT2D eigenvalue weighted by atomic mass is 16.4. The molecule has 0 aromatic rings. The Morgan fingerprint density at radius 3 is 2.39 bits per heavy atom. The Labute approximate surface area is 111 Å². The normalized spacial score (nSPS) is 16.7. The Bertz CT molecular complexity index is 228. The second kappa shape index (κ2) is 9.20. The molecule has 0 aromatic carbocycles. The largest absolute Gasteiger partial charge is 0.530 e. The second-order valence-corrected chi connectivity index (χ2v) is 5.22. The van der Waals surface area contributed by atoms with Crippen LogP contribution in [-0.2, 0) is 0 Å². The third kappa shape index (κ3) is 6.24. The quantitative estimate of drug-likeness (QED) is 0.620. The van der Waals surface area contributed by atoms with Gasteiger partial charge in [-0.15, -0.1) is 0 Å². The third-order valence-corrected chi connectivity index (χ3v) is 3.64. The Balaban J connectivity index is 2.13. The van der Waals surface area contributed by atoms with Gasteiger partial charge in [-0.2, -0.15) is 0 Å². The number of nitrogens with zero attached hydrogens (tertiary/aromatic N) is 2. The highest BCUT2D eigenvalue weighted by Crippen LogP contribution is 2.09. The zero-order valence-corrected chi connectivity index (χ0v) is 11.7. The van der Waals surface area contributed by atoms with Gasteiger partial charge in [0.2, 0.25) is 0 Å². The molecular weight excluding hydrogens is 228 g/mol. The molecule has 4 nitrogen and oxygen atoms in total. The monoisotopic (exact) mass is 255 g/mol. The molecule has 0 N–H and O–H groups in total. The summed E-state index contributed by atoms with van der Waals surface area (Å²) >= 11 is 0. The Morgan fingerprint density at radius 1 is 1.11 bits per heavy atom. The summed E-state index contributed by atoms with van der Waals surface area (Å²) in [6.45, 7) is 6.78. The summed E-state index contributed by atoms with van der Waals surface area (Å²) in [5, 5.41) is 11.0. The molecule has 1 fully saturated rings. The van der Waals surface area contributed by atoms with Crippen LogP contribution in [0.25, 0.3) is 0 Å². The van der Waals surface area contributed by atoms with Crippen LogP contribution in [0.3, 0.4) is 0 Å². The van der Waals surface area contributed by atoms with Crippen molar-refractivity contribution in [1.29, 1.82) is 0 Å². The maximum Gasteiger partial charge on any atom is 0.136 e. The number of piperidine rings is 1. The van der Waals surface area contributed by atoms with E-state index >= 15 is 0 Å². The van der Waals surface area contributed by atoms with Crippen molar-refractivity contribution in [2.24, 2.45) is 0 Å². The number of carboxylic acid groups (broad SMARTS) is 1. The van der Waals surface area contributed by atoms with Gasteiger partial charge in [0.15, 0.2) is 0 Å². The fourth-order valence-corrected chi connectivity index (χ4v) is 2.52. The Hall–Kier alpha value is -0.770. The van der Waals surface area contributed by atoms with Crippen LogP contribution in [0.4, 0.5) is 4.79 Å². The number of unbranched alkanes of at least 4 members (excludes halogenated alkanes) is 2. The number of hydrogen-bond acceptors (Lipinski definition) is 3. The minimum atomic E-state index is -1.01. The molecule has 1 aliphatic heterocycles. The lowest BCUT2D eigenvalue weighted by molar-refractivity contribution is -0.265. The average Bonchev–Trinajstić information content (AvgIpc) is 2.38. The van der Waals surface area contributed by atoms with Crippen LogP contribution in [-0.4, -0.2) is 48.6 Å². The number of carbonyl (C=O) groups is 1. The van der Waals surface area contributed by atoms with Gasteiger partial charge < -0.3 is 19.7 Å². The van der Waals surface area contributed by atoms with E-state index in [9.17, 15) is 9.90 Å². The Morgan fingerprint density at radius 2 is 1.78 bits per heavy atom. The van der Waals surface area contributed by atoms with Crippen LogP contribution in [0.5, 0.6) is 0 Å². The topological polar surface area (TPSA) is 46.6 Å². The van der Waals surface area contributed by atoms with Crippen molar-refractivity contribution in [3.05, 3.63) is 0 Å².